The lowest BCUT2D eigenvalue weighted by Crippen LogP contribution is -2.69. The molecule has 2 aliphatic heterocycles. The minimum absolute atomic E-state index is 0.0497. The van der Waals surface area contributed by atoms with Crippen molar-refractivity contribution < 1.29 is 39.4 Å². The molecule has 4 rings (SSSR count). The van der Waals surface area contributed by atoms with Gasteiger partial charge in [0, 0.05) is 24.0 Å². The van der Waals surface area contributed by atoms with E-state index in [1.54, 1.807) is 7.05 Å². The number of nitrogens with two attached hydrogens (primary N) is 4. The Morgan fingerprint density at radius 1 is 1.19 bits per heavy atom. The predicted molar refractivity (Wildman–Crippen MR) is 157 cm³/mol. The Labute approximate surface area is 253 Å². The molecule has 0 spiro atoms. The first-order chi connectivity index (χ1) is 20.4. The number of aliphatic hydroxyl groups is 4. The van der Waals surface area contributed by atoms with Crippen LogP contribution in [0.3, 0.4) is 0 Å². The van der Waals surface area contributed by atoms with E-state index in [9.17, 15) is 25.2 Å². The van der Waals surface area contributed by atoms with E-state index < -0.39 is 72.4 Å². The zero-order chi connectivity index (χ0) is 31.5. The molecule has 3 fully saturated rings. The minimum Gasteiger partial charge on any atom is -0.492 e. The molecule has 248 valence electrons. The Hall–Kier alpha value is -1.47. The lowest BCUT2D eigenvalue weighted by atomic mass is 9.72. The fraction of sp³-hybridized carbons (Fsp3) is 0.893. The monoisotopic (exact) mass is 615 g/mol. The predicted octanol–water partition coefficient (Wildman–Crippen LogP) is -4.34. The number of hydrogen-bond donors (Lipinski definition) is 11. The van der Waals surface area contributed by atoms with Gasteiger partial charge in [0.2, 0.25) is 5.91 Å². The van der Waals surface area contributed by atoms with E-state index >= 15 is 0 Å². The van der Waals surface area contributed by atoms with E-state index in [-0.39, 0.29) is 44.6 Å². The fourth-order valence-electron chi connectivity index (χ4n) is 6.98. The number of ether oxygens (including phenoxy) is 3. The van der Waals surface area contributed by atoms with E-state index in [4.69, 9.17) is 37.1 Å². The molecule has 1 unspecified atom stereocenters. The van der Waals surface area contributed by atoms with Crippen LogP contribution in [0.2, 0.25) is 0 Å². The molecule has 0 radical (unpaired) electrons. The van der Waals surface area contributed by atoms with Crippen molar-refractivity contribution in [3.8, 4) is 0 Å². The Balaban J connectivity index is 1.58. The van der Waals surface area contributed by atoms with Gasteiger partial charge < -0.3 is 73.5 Å². The van der Waals surface area contributed by atoms with Gasteiger partial charge in [0.25, 0.3) is 0 Å². The van der Waals surface area contributed by atoms with Crippen molar-refractivity contribution in [1.82, 2.24) is 16.0 Å². The maximum absolute atomic E-state index is 12.8. The van der Waals surface area contributed by atoms with Gasteiger partial charge >= 0.3 is 0 Å². The molecule has 15 N–H and O–H groups in total. The number of hydrogen-bond acceptors (Lipinski definition) is 14. The van der Waals surface area contributed by atoms with Gasteiger partial charge in [-0.15, -0.1) is 0 Å². The molecule has 1 saturated heterocycles. The van der Waals surface area contributed by atoms with Crippen molar-refractivity contribution in [3.05, 3.63) is 11.8 Å². The van der Waals surface area contributed by atoms with Gasteiger partial charge in [-0.2, -0.15) is 0 Å². The third-order valence-electron chi connectivity index (χ3n) is 9.46. The molecule has 0 aromatic carbocycles. The first-order valence-electron chi connectivity index (χ1n) is 15.4. The molecule has 12 atom stereocenters. The van der Waals surface area contributed by atoms with Crippen LogP contribution in [0, 0.1) is 11.8 Å². The third kappa shape index (κ3) is 7.85. The highest BCUT2D eigenvalue weighted by Crippen LogP contribution is 2.37. The summed E-state index contributed by atoms with van der Waals surface area (Å²) in [6, 6.07) is -2.24. The summed E-state index contributed by atoms with van der Waals surface area (Å²) in [7, 11) is 1.60. The summed E-state index contributed by atoms with van der Waals surface area (Å²) < 4.78 is 18.3. The van der Waals surface area contributed by atoms with Gasteiger partial charge in [0.1, 0.15) is 35.8 Å². The molecule has 15 heteroatoms. The van der Waals surface area contributed by atoms with E-state index in [0.29, 0.717) is 18.1 Å². The van der Waals surface area contributed by atoms with Crippen LogP contribution in [0.1, 0.15) is 39.0 Å². The maximum atomic E-state index is 12.8. The van der Waals surface area contributed by atoms with Crippen LogP contribution in [-0.4, -0.2) is 132 Å². The number of carbonyl (C=O) groups excluding carboxylic acids is 1. The number of nitrogens with one attached hydrogen (secondary N) is 3. The molecule has 15 nitrogen and oxygen atoms in total. The van der Waals surface area contributed by atoms with Crippen LogP contribution in [0.4, 0.5) is 0 Å². The second-order valence-corrected chi connectivity index (χ2v) is 12.9. The Bertz CT molecular complexity index is 954. The van der Waals surface area contributed by atoms with E-state index in [1.807, 2.05) is 6.08 Å². The van der Waals surface area contributed by atoms with Crippen LogP contribution in [0.5, 0.6) is 0 Å². The largest absolute Gasteiger partial charge is 0.492 e. The van der Waals surface area contributed by atoms with Gasteiger partial charge in [0.15, 0.2) is 6.29 Å². The number of likely N-dealkylation sites (N-methyl/N-ethyl adjacent to an activating group) is 1. The van der Waals surface area contributed by atoms with Crippen LogP contribution in [0.25, 0.3) is 0 Å². The highest BCUT2D eigenvalue weighted by Gasteiger charge is 2.54. The summed E-state index contributed by atoms with van der Waals surface area (Å²) in [5.74, 6) is -0.287. The summed E-state index contributed by atoms with van der Waals surface area (Å²) in [5.41, 5.74) is 22.8. The van der Waals surface area contributed by atoms with Gasteiger partial charge in [-0.1, -0.05) is 0 Å². The van der Waals surface area contributed by atoms with Crippen LogP contribution in [-0.2, 0) is 19.0 Å². The molecular weight excluding hydrogens is 562 g/mol. The standard InChI is InChI=1S/C28H53N7O8/c1-28(40)12-41-27(22(38)25(28)33-2)43-24-18(35-26(39)19(36)5-6-29)9-16(32)20(21(24)37)23-17(4-3-15(10-30)42-23)34-11-13-7-14(31)8-13/h3,13-14,16-25,27,33-34,36-38,40H,4-12,29-32H2,1-2H3,(H,35,39)/t13-,14-,16-,17+,18+,19-,20+,21-,22+,23?,24-,25+,27+,28-/m0/s1. The normalized spacial score (nSPS) is 44.1. The highest BCUT2D eigenvalue weighted by atomic mass is 16.7. The summed E-state index contributed by atoms with van der Waals surface area (Å²) in [6.07, 6.45) is -2.21. The Kier molecular flexibility index (Phi) is 11.8. The summed E-state index contributed by atoms with van der Waals surface area (Å²) in [4.78, 5) is 12.8. The molecule has 2 saturated carbocycles. The van der Waals surface area contributed by atoms with Crippen LogP contribution < -0.4 is 38.9 Å². The van der Waals surface area contributed by atoms with Crippen molar-refractivity contribution in [2.45, 2.75) is 112 Å². The summed E-state index contributed by atoms with van der Waals surface area (Å²) >= 11 is 0. The number of aliphatic hydroxyl groups excluding tert-OH is 3. The number of rotatable bonds is 12. The number of amides is 1. The minimum atomic E-state index is -1.38. The second kappa shape index (κ2) is 14.7. The molecule has 0 aromatic rings. The Morgan fingerprint density at radius 3 is 2.53 bits per heavy atom. The van der Waals surface area contributed by atoms with Gasteiger partial charge in [-0.05, 0) is 71.2 Å². The average molecular weight is 616 g/mol. The van der Waals surface area contributed by atoms with Crippen molar-refractivity contribution in [2.75, 3.05) is 33.3 Å². The van der Waals surface area contributed by atoms with Gasteiger partial charge in [-0.3, -0.25) is 4.79 Å². The molecule has 1 amide bonds. The zero-order valence-corrected chi connectivity index (χ0v) is 25.2. The van der Waals surface area contributed by atoms with Gasteiger partial charge in [-0.25, -0.2) is 0 Å². The van der Waals surface area contributed by atoms with Crippen molar-refractivity contribution in [1.29, 1.82) is 0 Å². The lowest BCUT2D eigenvalue weighted by molar-refractivity contribution is -0.297. The smallest absolute Gasteiger partial charge is 0.249 e. The second-order valence-electron chi connectivity index (χ2n) is 12.9. The maximum Gasteiger partial charge on any atom is 0.249 e. The van der Waals surface area contributed by atoms with E-state index in [2.05, 4.69) is 16.0 Å². The molecule has 2 aliphatic carbocycles. The fourth-order valence-corrected chi connectivity index (χ4v) is 6.98. The quantitative estimate of drug-likeness (QED) is 0.0991. The van der Waals surface area contributed by atoms with Gasteiger partial charge in [0.05, 0.1) is 31.3 Å². The SMILES string of the molecule is CN[C@@H]1[C@@H](O)[C@@H](O[C@@H]2[C@@H](O)[C@H](C3OC(CN)=CC[C@H]3NC[C@H]3C[C@H](N)C3)[C@@H](N)C[C@H]2NC(=O)[C@@H](O)CCN)OC[C@]1(C)O. The molecule has 0 aromatic heterocycles. The Morgan fingerprint density at radius 2 is 1.91 bits per heavy atom. The molecular formula is C28H53N7O8. The van der Waals surface area contributed by atoms with E-state index in [0.717, 1.165) is 19.4 Å². The zero-order valence-electron chi connectivity index (χ0n) is 25.2. The highest BCUT2D eigenvalue weighted by molar-refractivity contribution is 5.80. The van der Waals surface area contributed by atoms with Crippen molar-refractivity contribution in [2.24, 2.45) is 34.8 Å². The molecule has 4 aliphatic rings. The topological polar surface area (TPSA) is 266 Å². The summed E-state index contributed by atoms with van der Waals surface area (Å²) in [5, 5.41) is 53.2. The molecule has 2 heterocycles. The van der Waals surface area contributed by atoms with Crippen LogP contribution in [0.15, 0.2) is 11.8 Å². The van der Waals surface area contributed by atoms with Crippen LogP contribution >= 0.6 is 0 Å². The van der Waals surface area contributed by atoms with E-state index in [1.165, 1.54) is 6.92 Å². The molecule has 43 heavy (non-hydrogen) atoms. The summed E-state index contributed by atoms with van der Waals surface area (Å²) in [6.45, 7) is 2.42. The van der Waals surface area contributed by atoms with Crippen molar-refractivity contribution >= 4 is 5.91 Å². The number of carbonyl (C=O) groups is 1. The first-order valence-corrected chi connectivity index (χ1v) is 15.4. The lowest BCUT2D eigenvalue weighted by Gasteiger charge is -2.51. The first kappa shape index (κ1) is 34.4. The average Bonchev–Trinajstić information content (AvgIpc) is 2.94. The third-order valence-corrected chi connectivity index (χ3v) is 9.46. The molecule has 0 bridgehead atoms. The van der Waals surface area contributed by atoms with Crippen molar-refractivity contribution in [3.63, 3.8) is 0 Å².